The molecule has 1 aromatic heterocycles. The van der Waals surface area contributed by atoms with E-state index >= 15 is 0 Å². The van der Waals surface area contributed by atoms with Crippen LogP contribution in [0.25, 0.3) is 10.6 Å². The van der Waals surface area contributed by atoms with E-state index < -0.39 is 5.82 Å². The Bertz CT molecular complexity index is 566. The molecule has 0 atom stereocenters. The lowest BCUT2D eigenvalue weighted by atomic mass is 10.1. The van der Waals surface area contributed by atoms with Crippen molar-refractivity contribution in [3.8, 4) is 16.3 Å². The summed E-state index contributed by atoms with van der Waals surface area (Å²) >= 11 is 1.40. The smallest absolute Gasteiger partial charge is 0.137 e. The number of nitrogens with two attached hydrogens (primary N) is 1. The minimum atomic E-state index is -0.470. The number of aromatic hydroxyl groups is 1. The van der Waals surface area contributed by atoms with Crippen LogP contribution in [0.3, 0.4) is 0 Å². The van der Waals surface area contributed by atoms with Gasteiger partial charge >= 0.3 is 0 Å². The van der Waals surface area contributed by atoms with Crippen molar-refractivity contribution in [1.82, 2.24) is 4.98 Å². The first-order valence-electron chi connectivity index (χ1n) is 5.71. The highest BCUT2D eigenvalue weighted by atomic mass is 32.1. The van der Waals surface area contributed by atoms with Gasteiger partial charge in [0.25, 0.3) is 0 Å². The monoisotopic (exact) mass is 266 g/mol. The quantitative estimate of drug-likeness (QED) is 0.896. The van der Waals surface area contributed by atoms with E-state index in [0.29, 0.717) is 17.1 Å². The maximum Gasteiger partial charge on any atom is 0.137 e. The molecular formula is C13H15FN2OS. The van der Waals surface area contributed by atoms with Crippen molar-refractivity contribution >= 4 is 11.3 Å². The molecule has 0 unspecified atom stereocenters. The normalized spacial score (nSPS) is 11.2. The molecule has 0 aliphatic rings. The minimum Gasteiger partial charge on any atom is -0.508 e. The fraction of sp³-hybridized carbons (Fsp3) is 0.308. The predicted molar refractivity (Wildman–Crippen MR) is 71.2 cm³/mol. The summed E-state index contributed by atoms with van der Waals surface area (Å²) in [5.74, 6) is -0.299. The molecule has 2 aromatic rings. The van der Waals surface area contributed by atoms with E-state index in [1.165, 1.54) is 23.5 Å². The van der Waals surface area contributed by atoms with Crippen LogP contribution in [0.2, 0.25) is 0 Å². The van der Waals surface area contributed by atoms with Gasteiger partial charge in [0.05, 0.1) is 5.69 Å². The minimum absolute atomic E-state index is 0.0871. The molecule has 0 fully saturated rings. The van der Waals surface area contributed by atoms with E-state index in [4.69, 9.17) is 5.73 Å². The Labute approximate surface area is 109 Å². The van der Waals surface area contributed by atoms with E-state index in [0.717, 1.165) is 16.6 Å². The summed E-state index contributed by atoms with van der Waals surface area (Å²) in [5, 5.41) is 9.81. The lowest BCUT2D eigenvalue weighted by molar-refractivity contribution is 0.469. The van der Waals surface area contributed by atoms with Gasteiger partial charge in [-0.05, 0) is 18.1 Å². The Morgan fingerprint density at radius 3 is 2.67 bits per heavy atom. The molecule has 0 spiro atoms. The van der Waals surface area contributed by atoms with E-state index in [-0.39, 0.29) is 11.7 Å². The third-order valence-electron chi connectivity index (χ3n) is 2.64. The van der Waals surface area contributed by atoms with Gasteiger partial charge < -0.3 is 10.8 Å². The number of hydrogen-bond donors (Lipinski definition) is 2. The van der Waals surface area contributed by atoms with Crippen LogP contribution in [0.1, 0.15) is 30.3 Å². The highest BCUT2D eigenvalue weighted by Crippen LogP contribution is 2.33. The van der Waals surface area contributed by atoms with Crippen LogP contribution in [0.15, 0.2) is 18.2 Å². The zero-order valence-electron chi connectivity index (χ0n) is 10.3. The van der Waals surface area contributed by atoms with Crippen LogP contribution in [-0.2, 0) is 6.54 Å². The molecule has 0 saturated carbocycles. The number of phenols is 1. The Kier molecular flexibility index (Phi) is 3.63. The van der Waals surface area contributed by atoms with Gasteiger partial charge in [-0.1, -0.05) is 13.8 Å². The third-order valence-corrected chi connectivity index (χ3v) is 3.77. The van der Waals surface area contributed by atoms with Crippen molar-refractivity contribution in [2.24, 2.45) is 5.73 Å². The number of thiazole rings is 1. The molecule has 3 N–H and O–H groups in total. The molecule has 1 aromatic carbocycles. The molecule has 2 rings (SSSR count). The van der Waals surface area contributed by atoms with Gasteiger partial charge in [0.15, 0.2) is 0 Å². The molecule has 3 nitrogen and oxygen atoms in total. The van der Waals surface area contributed by atoms with Crippen molar-refractivity contribution in [3.63, 3.8) is 0 Å². The second-order valence-corrected chi connectivity index (χ2v) is 5.43. The van der Waals surface area contributed by atoms with Gasteiger partial charge in [0.2, 0.25) is 0 Å². The number of aromatic nitrogens is 1. The first-order chi connectivity index (χ1) is 8.52. The molecule has 0 radical (unpaired) electrons. The number of hydrogen-bond acceptors (Lipinski definition) is 4. The van der Waals surface area contributed by atoms with E-state index in [2.05, 4.69) is 4.98 Å². The molecule has 96 valence electrons. The van der Waals surface area contributed by atoms with Gasteiger partial charge in [-0.25, -0.2) is 9.37 Å². The molecule has 18 heavy (non-hydrogen) atoms. The molecule has 5 heteroatoms. The summed E-state index contributed by atoms with van der Waals surface area (Å²) in [6.45, 7) is 4.47. The highest BCUT2D eigenvalue weighted by Gasteiger charge is 2.16. The maximum absolute atomic E-state index is 13.8. The van der Waals surface area contributed by atoms with Crippen molar-refractivity contribution in [1.29, 1.82) is 0 Å². The van der Waals surface area contributed by atoms with Crippen LogP contribution >= 0.6 is 11.3 Å². The lowest BCUT2D eigenvalue weighted by Gasteiger charge is -2.02. The summed E-state index contributed by atoms with van der Waals surface area (Å²) in [4.78, 5) is 5.44. The second kappa shape index (κ2) is 5.04. The number of rotatable bonds is 3. The summed E-state index contributed by atoms with van der Waals surface area (Å²) < 4.78 is 13.8. The summed E-state index contributed by atoms with van der Waals surface area (Å²) in [7, 11) is 0. The molecule has 1 heterocycles. The first kappa shape index (κ1) is 13.0. The number of nitrogens with zero attached hydrogens (tertiary/aromatic N) is 1. The Morgan fingerprint density at radius 2 is 2.17 bits per heavy atom. The topological polar surface area (TPSA) is 59.1 Å². The third kappa shape index (κ3) is 2.37. The highest BCUT2D eigenvalue weighted by molar-refractivity contribution is 7.15. The number of benzene rings is 1. The lowest BCUT2D eigenvalue weighted by Crippen LogP contribution is -1.99. The summed E-state index contributed by atoms with van der Waals surface area (Å²) in [6, 6.07) is 4.08. The SMILES string of the molecule is CC(C)c1nc(-c2ccc(O)cc2F)sc1CN. The molecular weight excluding hydrogens is 251 g/mol. The van der Waals surface area contributed by atoms with Crippen molar-refractivity contribution in [2.75, 3.05) is 0 Å². The van der Waals surface area contributed by atoms with Crippen molar-refractivity contribution in [3.05, 3.63) is 34.6 Å². The summed E-state index contributed by atoms with van der Waals surface area (Å²) in [5.41, 5.74) is 7.00. The standard InChI is InChI=1S/C13H15FN2OS/c1-7(2)12-11(6-15)18-13(16-12)9-4-3-8(17)5-10(9)14/h3-5,7,17H,6,15H2,1-2H3. The number of halogens is 1. The largest absolute Gasteiger partial charge is 0.508 e. The van der Waals surface area contributed by atoms with Crippen LogP contribution in [0.5, 0.6) is 5.75 Å². The van der Waals surface area contributed by atoms with E-state index in [1.54, 1.807) is 0 Å². The maximum atomic E-state index is 13.8. The van der Waals surface area contributed by atoms with Crippen LogP contribution < -0.4 is 5.73 Å². The first-order valence-corrected chi connectivity index (χ1v) is 6.53. The van der Waals surface area contributed by atoms with Gasteiger partial charge in [-0.15, -0.1) is 11.3 Å². The fourth-order valence-electron chi connectivity index (χ4n) is 1.75. The average molecular weight is 266 g/mol. The van der Waals surface area contributed by atoms with Crippen LogP contribution in [-0.4, -0.2) is 10.1 Å². The number of phenolic OH excluding ortho intramolecular Hbond substituents is 1. The van der Waals surface area contributed by atoms with Gasteiger partial charge in [-0.2, -0.15) is 0 Å². The average Bonchev–Trinajstić information content (AvgIpc) is 2.73. The predicted octanol–water partition coefficient (Wildman–Crippen LogP) is 3.24. The van der Waals surface area contributed by atoms with Gasteiger partial charge in [0.1, 0.15) is 16.6 Å². The van der Waals surface area contributed by atoms with E-state index in [9.17, 15) is 9.50 Å². The van der Waals surface area contributed by atoms with E-state index in [1.807, 2.05) is 13.8 Å². The Balaban J connectivity index is 2.51. The molecule has 0 aliphatic carbocycles. The zero-order chi connectivity index (χ0) is 13.3. The fourth-order valence-corrected chi connectivity index (χ4v) is 2.88. The van der Waals surface area contributed by atoms with Crippen LogP contribution in [0.4, 0.5) is 4.39 Å². The van der Waals surface area contributed by atoms with Crippen molar-refractivity contribution in [2.45, 2.75) is 26.3 Å². The molecule has 0 amide bonds. The van der Waals surface area contributed by atoms with Crippen molar-refractivity contribution < 1.29 is 9.50 Å². The molecule has 0 bridgehead atoms. The van der Waals surface area contributed by atoms with Gasteiger partial charge in [-0.3, -0.25) is 0 Å². The second-order valence-electron chi connectivity index (χ2n) is 4.35. The molecule has 0 aliphatic heterocycles. The van der Waals surface area contributed by atoms with Gasteiger partial charge in [0, 0.05) is 23.1 Å². The van der Waals surface area contributed by atoms with Crippen LogP contribution in [0, 0.1) is 5.82 Å². The Hall–Kier alpha value is -1.46. The zero-order valence-corrected chi connectivity index (χ0v) is 11.1. The Morgan fingerprint density at radius 1 is 1.44 bits per heavy atom. The summed E-state index contributed by atoms with van der Waals surface area (Å²) in [6.07, 6.45) is 0. The molecule has 0 saturated heterocycles.